The average molecular weight is 343 g/mol. The van der Waals surface area contributed by atoms with E-state index >= 15 is 0 Å². The van der Waals surface area contributed by atoms with Crippen LogP contribution in [0.4, 0.5) is 0 Å². The van der Waals surface area contributed by atoms with Crippen molar-refractivity contribution in [1.82, 2.24) is 19.3 Å². The van der Waals surface area contributed by atoms with Crippen LogP contribution in [0.3, 0.4) is 0 Å². The number of nitrogens with zero attached hydrogens (tertiary/aromatic N) is 3. The van der Waals surface area contributed by atoms with Crippen molar-refractivity contribution in [2.24, 2.45) is 0 Å². The Morgan fingerprint density at radius 3 is 2.81 bits per heavy atom. The van der Waals surface area contributed by atoms with Crippen LogP contribution in [0.2, 0.25) is 5.02 Å². The third-order valence-electron chi connectivity index (χ3n) is 2.92. The molecule has 0 aliphatic carbocycles. The first-order valence-electron chi connectivity index (χ1n) is 6.07. The van der Waals surface area contributed by atoms with Crippen LogP contribution in [0.15, 0.2) is 40.9 Å². The summed E-state index contributed by atoms with van der Waals surface area (Å²) in [5.41, 5.74) is 0.971. The fourth-order valence-corrected chi connectivity index (χ4v) is 3.87. The van der Waals surface area contributed by atoms with Gasteiger partial charge in [-0.1, -0.05) is 11.6 Å². The van der Waals surface area contributed by atoms with Gasteiger partial charge in [0.15, 0.2) is 0 Å². The van der Waals surface area contributed by atoms with Crippen molar-refractivity contribution >= 4 is 37.9 Å². The fourth-order valence-electron chi connectivity index (χ4n) is 1.87. The Bertz CT molecular complexity index is 855. The molecule has 0 aliphatic heterocycles. The summed E-state index contributed by atoms with van der Waals surface area (Å²) in [5.74, 6) is 0. The number of fused-ring (bicyclic) bond motifs is 1. The van der Waals surface area contributed by atoms with Crippen LogP contribution in [0.5, 0.6) is 0 Å². The van der Waals surface area contributed by atoms with E-state index in [1.807, 2.05) is 9.78 Å². The highest BCUT2D eigenvalue weighted by Gasteiger charge is 2.13. The molecule has 0 saturated heterocycles. The van der Waals surface area contributed by atoms with Crippen molar-refractivity contribution in [3.8, 4) is 0 Å². The van der Waals surface area contributed by atoms with Crippen LogP contribution in [0.25, 0.3) is 4.96 Å². The minimum atomic E-state index is -3.52. The van der Waals surface area contributed by atoms with E-state index in [0.29, 0.717) is 18.0 Å². The Morgan fingerprint density at radius 2 is 2.05 bits per heavy atom. The summed E-state index contributed by atoms with van der Waals surface area (Å²) in [6, 6.07) is 6.06. The van der Waals surface area contributed by atoms with Gasteiger partial charge in [0.1, 0.15) is 6.33 Å². The molecule has 3 aromatic rings. The number of hydrogen-bond donors (Lipinski definition) is 1. The Balaban J connectivity index is 1.67. The van der Waals surface area contributed by atoms with Crippen LogP contribution in [0, 0.1) is 0 Å². The van der Waals surface area contributed by atoms with E-state index in [9.17, 15) is 8.42 Å². The van der Waals surface area contributed by atoms with Gasteiger partial charge < -0.3 is 0 Å². The van der Waals surface area contributed by atoms with E-state index in [2.05, 4.69) is 14.9 Å². The third-order valence-corrected chi connectivity index (χ3v) is 5.53. The molecule has 0 radical (unpaired) electrons. The van der Waals surface area contributed by atoms with Crippen LogP contribution >= 0.6 is 22.9 Å². The molecule has 1 N–H and O–H groups in total. The van der Waals surface area contributed by atoms with E-state index in [4.69, 9.17) is 11.6 Å². The first-order chi connectivity index (χ1) is 10.1. The van der Waals surface area contributed by atoms with Gasteiger partial charge in [0, 0.05) is 29.1 Å². The number of sulfonamides is 1. The smallest absolute Gasteiger partial charge is 0.240 e. The second-order valence-electron chi connectivity index (χ2n) is 4.31. The van der Waals surface area contributed by atoms with Crippen molar-refractivity contribution in [2.45, 2.75) is 11.3 Å². The van der Waals surface area contributed by atoms with E-state index in [0.717, 1.165) is 10.7 Å². The van der Waals surface area contributed by atoms with Crippen molar-refractivity contribution in [1.29, 1.82) is 0 Å². The molecule has 0 saturated carbocycles. The second kappa shape index (κ2) is 5.72. The Hall–Kier alpha value is -1.48. The maximum absolute atomic E-state index is 12.1. The molecule has 0 unspecified atom stereocenters. The van der Waals surface area contributed by atoms with Gasteiger partial charge in [0.25, 0.3) is 0 Å². The highest BCUT2D eigenvalue weighted by atomic mass is 35.5. The lowest BCUT2D eigenvalue weighted by Gasteiger charge is -2.06. The molecule has 21 heavy (non-hydrogen) atoms. The highest BCUT2D eigenvalue weighted by Crippen LogP contribution is 2.15. The Labute approximate surface area is 130 Å². The van der Waals surface area contributed by atoms with Crippen LogP contribution in [0.1, 0.15) is 5.69 Å². The predicted molar refractivity (Wildman–Crippen MR) is 81.2 cm³/mol. The molecule has 0 fully saturated rings. The van der Waals surface area contributed by atoms with E-state index in [1.54, 1.807) is 18.5 Å². The van der Waals surface area contributed by atoms with Gasteiger partial charge in [-0.3, -0.25) is 4.40 Å². The van der Waals surface area contributed by atoms with Gasteiger partial charge in [0.2, 0.25) is 15.0 Å². The summed E-state index contributed by atoms with van der Waals surface area (Å²) in [6.45, 7) is 0.301. The number of benzene rings is 1. The van der Waals surface area contributed by atoms with E-state index in [1.165, 1.54) is 23.5 Å². The van der Waals surface area contributed by atoms with Gasteiger partial charge in [-0.05, 0) is 24.3 Å². The summed E-state index contributed by atoms with van der Waals surface area (Å²) in [6.07, 6.45) is 2.18. The predicted octanol–water partition coefficient (Wildman–Crippen LogP) is 1.97. The van der Waals surface area contributed by atoms with Gasteiger partial charge in [-0.15, -0.1) is 21.5 Å². The molecule has 9 heteroatoms. The summed E-state index contributed by atoms with van der Waals surface area (Å²) < 4.78 is 28.6. The molecular weight excluding hydrogens is 332 g/mol. The molecule has 3 rings (SSSR count). The summed E-state index contributed by atoms with van der Waals surface area (Å²) in [7, 11) is -3.52. The topological polar surface area (TPSA) is 76.4 Å². The molecule has 0 aliphatic rings. The van der Waals surface area contributed by atoms with Crippen molar-refractivity contribution in [2.75, 3.05) is 6.54 Å². The van der Waals surface area contributed by atoms with E-state index < -0.39 is 10.0 Å². The molecule has 6 nitrogen and oxygen atoms in total. The van der Waals surface area contributed by atoms with E-state index in [-0.39, 0.29) is 4.90 Å². The first-order valence-corrected chi connectivity index (χ1v) is 8.82. The lowest BCUT2D eigenvalue weighted by Crippen LogP contribution is -2.26. The normalized spacial score (nSPS) is 12.0. The third kappa shape index (κ3) is 3.08. The highest BCUT2D eigenvalue weighted by molar-refractivity contribution is 7.89. The maximum Gasteiger partial charge on any atom is 0.240 e. The molecule has 110 valence electrons. The van der Waals surface area contributed by atoms with Crippen LogP contribution in [-0.2, 0) is 16.4 Å². The zero-order valence-corrected chi connectivity index (χ0v) is 13.1. The van der Waals surface area contributed by atoms with Crippen LogP contribution < -0.4 is 4.72 Å². The number of thiazole rings is 1. The van der Waals surface area contributed by atoms with Crippen molar-refractivity contribution in [3.05, 3.63) is 46.7 Å². The number of hydrogen-bond acceptors (Lipinski definition) is 5. The second-order valence-corrected chi connectivity index (χ2v) is 7.35. The first kappa shape index (κ1) is 14.5. The Morgan fingerprint density at radius 1 is 1.29 bits per heavy atom. The molecule has 1 aromatic carbocycles. The fraction of sp³-hybridized carbons (Fsp3) is 0.167. The van der Waals surface area contributed by atoms with Gasteiger partial charge >= 0.3 is 0 Å². The summed E-state index contributed by atoms with van der Waals surface area (Å²) in [4.78, 5) is 0.997. The largest absolute Gasteiger partial charge is 0.276 e. The number of nitrogens with one attached hydrogen (secondary N) is 1. The van der Waals surface area contributed by atoms with Crippen molar-refractivity contribution < 1.29 is 8.42 Å². The van der Waals surface area contributed by atoms with Crippen LogP contribution in [-0.4, -0.2) is 29.6 Å². The van der Waals surface area contributed by atoms with Gasteiger partial charge in [-0.2, -0.15) is 0 Å². The standard InChI is InChI=1S/C12H11ClN4O2S2/c13-9-1-3-11(4-2-9)21(18,19)15-6-5-10-7-20-12-16-14-8-17(10)12/h1-4,7-8,15H,5-6H2. The van der Waals surface area contributed by atoms with Crippen molar-refractivity contribution in [3.63, 3.8) is 0 Å². The molecule has 0 atom stereocenters. The molecule has 2 heterocycles. The number of aromatic nitrogens is 3. The Kier molecular flexibility index (Phi) is 3.94. The average Bonchev–Trinajstić information content (AvgIpc) is 3.04. The lowest BCUT2D eigenvalue weighted by molar-refractivity contribution is 0.581. The zero-order valence-electron chi connectivity index (χ0n) is 10.7. The molecule has 2 aromatic heterocycles. The van der Waals surface area contributed by atoms with Gasteiger partial charge in [0.05, 0.1) is 4.90 Å². The monoisotopic (exact) mass is 342 g/mol. The molecule has 0 amide bonds. The quantitative estimate of drug-likeness (QED) is 0.769. The summed E-state index contributed by atoms with van der Waals surface area (Å²) in [5, 5.41) is 10.2. The lowest BCUT2D eigenvalue weighted by atomic mass is 10.3. The minimum absolute atomic E-state index is 0.201. The maximum atomic E-state index is 12.1. The molecule has 0 spiro atoms. The molecular formula is C12H11ClN4O2S2. The number of rotatable bonds is 5. The summed E-state index contributed by atoms with van der Waals surface area (Å²) >= 11 is 7.22. The number of halogens is 1. The SMILES string of the molecule is O=S(=O)(NCCc1csc2nncn12)c1ccc(Cl)cc1. The van der Waals surface area contributed by atoms with Gasteiger partial charge in [-0.25, -0.2) is 13.1 Å². The molecule has 0 bridgehead atoms. The minimum Gasteiger partial charge on any atom is -0.276 e. The zero-order chi connectivity index (χ0) is 14.9.